The van der Waals surface area contributed by atoms with E-state index in [2.05, 4.69) is 24.9 Å². The summed E-state index contributed by atoms with van der Waals surface area (Å²) in [7, 11) is 1.63. The fourth-order valence-corrected chi connectivity index (χ4v) is 3.14. The van der Waals surface area contributed by atoms with E-state index in [4.69, 9.17) is 0 Å². The van der Waals surface area contributed by atoms with Gasteiger partial charge in [0.25, 0.3) is 5.91 Å². The van der Waals surface area contributed by atoms with Crippen LogP contribution in [0.2, 0.25) is 0 Å². The zero-order valence-electron chi connectivity index (χ0n) is 13.6. The van der Waals surface area contributed by atoms with Crippen LogP contribution in [-0.4, -0.2) is 56.8 Å². The van der Waals surface area contributed by atoms with Crippen molar-refractivity contribution in [3.8, 4) is 0 Å². The molecule has 1 unspecified atom stereocenters. The van der Waals surface area contributed by atoms with Crippen molar-refractivity contribution in [2.24, 2.45) is 0 Å². The van der Waals surface area contributed by atoms with Gasteiger partial charge in [-0.2, -0.15) is 5.10 Å². The van der Waals surface area contributed by atoms with Gasteiger partial charge in [-0.3, -0.25) is 9.48 Å². The van der Waals surface area contributed by atoms with Crippen LogP contribution >= 0.6 is 0 Å². The van der Waals surface area contributed by atoms with E-state index in [1.807, 2.05) is 29.6 Å². The van der Waals surface area contributed by atoms with Gasteiger partial charge in [0, 0.05) is 38.7 Å². The molecule has 0 aromatic carbocycles. The van der Waals surface area contributed by atoms with Crippen molar-refractivity contribution < 1.29 is 4.79 Å². The van der Waals surface area contributed by atoms with E-state index < -0.39 is 0 Å². The van der Waals surface area contributed by atoms with E-state index in [-0.39, 0.29) is 5.91 Å². The fraction of sp³-hybridized carbons (Fsp3) is 0.562. The predicted octanol–water partition coefficient (Wildman–Crippen LogP) is 1.17. The SMILES string of the molecule is CNC(=O)c1ccn(C2CCCN(CCCn3ccnc3)C2)n1. The molecule has 0 aliphatic carbocycles. The summed E-state index contributed by atoms with van der Waals surface area (Å²) in [6.07, 6.45) is 11.0. The van der Waals surface area contributed by atoms with Crippen molar-refractivity contribution in [3.63, 3.8) is 0 Å². The Morgan fingerprint density at radius 2 is 2.30 bits per heavy atom. The molecule has 2 aromatic heterocycles. The number of hydrogen-bond acceptors (Lipinski definition) is 4. The topological polar surface area (TPSA) is 68.0 Å². The second-order valence-corrected chi connectivity index (χ2v) is 6.01. The maximum atomic E-state index is 11.6. The molecule has 2 aromatic rings. The number of carbonyl (C=O) groups excluding carboxylic acids is 1. The molecule has 3 rings (SSSR count). The quantitative estimate of drug-likeness (QED) is 0.868. The average molecular weight is 316 g/mol. The van der Waals surface area contributed by atoms with Crippen LogP contribution in [0.4, 0.5) is 0 Å². The number of amides is 1. The lowest BCUT2D eigenvalue weighted by molar-refractivity contribution is 0.0955. The standard InChI is InChI=1S/C16H24N6O/c1-17-16(23)15-5-10-22(19-15)14-4-2-7-20(12-14)8-3-9-21-11-6-18-13-21/h5-6,10-11,13-14H,2-4,7-9,12H2,1H3,(H,17,23). The summed E-state index contributed by atoms with van der Waals surface area (Å²) in [5, 5.41) is 7.04. The van der Waals surface area contributed by atoms with Crippen LogP contribution in [0.3, 0.4) is 0 Å². The Labute approximate surface area is 136 Å². The summed E-state index contributed by atoms with van der Waals surface area (Å²) in [5.41, 5.74) is 0.490. The van der Waals surface area contributed by atoms with Gasteiger partial charge in [-0.15, -0.1) is 0 Å². The molecule has 1 aliphatic heterocycles. The molecule has 0 radical (unpaired) electrons. The number of hydrogen-bond donors (Lipinski definition) is 1. The number of rotatable bonds is 6. The highest BCUT2D eigenvalue weighted by atomic mass is 16.1. The lowest BCUT2D eigenvalue weighted by Gasteiger charge is -2.32. The van der Waals surface area contributed by atoms with E-state index in [0.717, 1.165) is 39.0 Å². The molecular formula is C16H24N6O. The molecule has 3 heterocycles. The van der Waals surface area contributed by atoms with Crippen LogP contribution in [0, 0.1) is 0 Å². The van der Waals surface area contributed by atoms with Crippen LogP contribution in [0.5, 0.6) is 0 Å². The lowest BCUT2D eigenvalue weighted by atomic mass is 10.1. The molecule has 124 valence electrons. The van der Waals surface area contributed by atoms with Crippen LogP contribution in [0.15, 0.2) is 31.0 Å². The third-order valence-corrected chi connectivity index (χ3v) is 4.37. The molecule has 7 heteroatoms. The van der Waals surface area contributed by atoms with Crippen molar-refractivity contribution >= 4 is 5.91 Å². The Bertz CT molecular complexity index is 620. The first kappa shape index (κ1) is 15.7. The average Bonchev–Trinajstić information content (AvgIpc) is 3.26. The highest BCUT2D eigenvalue weighted by Crippen LogP contribution is 2.21. The number of carbonyl (C=O) groups is 1. The minimum Gasteiger partial charge on any atom is -0.354 e. The smallest absolute Gasteiger partial charge is 0.271 e. The van der Waals surface area contributed by atoms with E-state index in [1.165, 1.54) is 6.42 Å². The van der Waals surface area contributed by atoms with Crippen LogP contribution in [0.1, 0.15) is 35.8 Å². The van der Waals surface area contributed by atoms with Crippen molar-refractivity contribution in [3.05, 3.63) is 36.7 Å². The number of imidazole rings is 1. The van der Waals surface area contributed by atoms with Gasteiger partial charge in [0.15, 0.2) is 0 Å². The molecule has 0 spiro atoms. The Hall–Kier alpha value is -2.15. The van der Waals surface area contributed by atoms with Gasteiger partial charge in [0.2, 0.25) is 0 Å². The second-order valence-electron chi connectivity index (χ2n) is 6.01. The van der Waals surface area contributed by atoms with Crippen LogP contribution in [-0.2, 0) is 6.54 Å². The maximum Gasteiger partial charge on any atom is 0.271 e. The van der Waals surface area contributed by atoms with E-state index in [1.54, 1.807) is 13.1 Å². The number of piperidine rings is 1. The first-order valence-electron chi connectivity index (χ1n) is 8.21. The first-order chi connectivity index (χ1) is 11.3. The largest absolute Gasteiger partial charge is 0.354 e. The maximum absolute atomic E-state index is 11.6. The van der Waals surface area contributed by atoms with E-state index in [0.29, 0.717) is 11.7 Å². The Balaban J connectivity index is 1.51. The summed E-state index contributed by atoms with van der Waals surface area (Å²) in [6, 6.07) is 2.15. The number of aromatic nitrogens is 4. The Morgan fingerprint density at radius 1 is 1.39 bits per heavy atom. The van der Waals surface area contributed by atoms with E-state index in [9.17, 15) is 4.79 Å². The van der Waals surface area contributed by atoms with Crippen molar-refractivity contribution in [2.45, 2.75) is 31.8 Å². The Morgan fingerprint density at radius 3 is 3.09 bits per heavy atom. The van der Waals surface area contributed by atoms with Gasteiger partial charge in [0.1, 0.15) is 5.69 Å². The minimum atomic E-state index is -0.128. The summed E-state index contributed by atoms with van der Waals surface area (Å²) >= 11 is 0. The number of likely N-dealkylation sites (tertiary alicyclic amines) is 1. The summed E-state index contributed by atoms with van der Waals surface area (Å²) in [6.45, 7) is 4.23. The fourth-order valence-electron chi connectivity index (χ4n) is 3.14. The van der Waals surface area contributed by atoms with Crippen molar-refractivity contribution in [2.75, 3.05) is 26.7 Å². The van der Waals surface area contributed by atoms with Crippen molar-refractivity contribution in [1.29, 1.82) is 0 Å². The van der Waals surface area contributed by atoms with Crippen LogP contribution in [0.25, 0.3) is 0 Å². The molecule has 1 amide bonds. The molecule has 23 heavy (non-hydrogen) atoms. The number of nitrogens with one attached hydrogen (secondary N) is 1. The second kappa shape index (κ2) is 7.41. The molecule has 1 aliphatic rings. The van der Waals surface area contributed by atoms with Gasteiger partial charge in [-0.05, 0) is 38.4 Å². The summed E-state index contributed by atoms with van der Waals surface area (Å²) in [4.78, 5) is 18.2. The van der Waals surface area contributed by atoms with Gasteiger partial charge >= 0.3 is 0 Å². The summed E-state index contributed by atoms with van der Waals surface area (Å²) in [5.74, 6) is -0.128. The molecule has 7 nitrogen and oxygen atoms in total. The van der Waals surface area contributed by atoms with E-state index >= 15 is 0 Å². The zero-order chi connectivity index (χ0) is 16.1. The zero-order valence-corrected chi connectivity index (χ0v) is 13.6. The Kier molecular flexibility index (Phi) is 5.07. The van der Waals surface area contributed by atoms with Gasteiger partial charge in [0.05, 0.1) is 12.4 Å². The lowest BCUT2D eigenvalue weighted by Crippen LogP contribution is -2.37. The third-order valence-electron chi connectivity index (χ3n) is 4.37. The monoisotopic (exact) mass is 316 g/mol. The first-order valence-corrected chi connectivity index (χ1v) is 8.21. The number of nitrogens with zero attached hydrogens (tertiary/aromatic N) is 5. The normalized spacial score (nSPS) is 18.9. The van der Waals surface area contributed by atoms with Gasteiger partial charge in [-0.1, -0.05) is 0 Å². The molecule has 0 bridgehead atoms. The van der Waals surface area contributed by atoms with Gasteiger partial charge in [-0.25, -0.2) is 4.98 Å². The molecule has 1 N–H and O–H groups in total. The van der Waals surface area contributed by atoms with Gasteiger partial charge < -0.3 is 14.8 Å². The van der Waals surface area contributed by atoms with Crippen LogP contribution < -0.4 is 5.32 Å². The highest BCUT2D eigenvalue weighted by molar-refractivity contribution is 5.91. The molecule has 1 saturated heterocycles. The molecule has 0 saturated carbocycles. The predicted molar refractivity (Wildman–Crippen MR) is 87.2 cm³/mol. The molecule has 1 atom stereocenters. The molecule has 1 fully saturated rings. The molecular weight excluding hydrogens is 292 g/mol. The third kappa shape index (κ3) is 3.98. The van der Waals surface area contributed by atoms with Crippen molar-refractivity contribution in [1.82, 2.24) is 29.5 Å². The summed E-state index contributed by atoms with van der Waals surface area (Å²) < 4.78 is 4.07. The minimum absolute atomic E-state index is 0.128. The number of aryl methyl sites for hydroxylation is 1. The highest BCUT2D eigenvalue weighted by Gasteiger charge is 2.22.